The molecule has 0 atom stereocenters. The first-order chi connectivity index (χ1) is 15.1. The van der Waals surface area contributed by atoms with E-state index in [2.05, 4.69) is 10.2 Å². The molecule has 1 fully saturated rings. The van der Waals surface area contributed by atoms with Crippen LogP contribution in [0.5, 0.6) is 5.75 Å². The van der Waals surface area contributed by atoms with Gasteiger partial charge in [0.1, 0.15) is 18.1 Å². The Kier molecular flexibility index (Phi) is 6.66. The number of benzene rings is 2. The first-order valence-electron chi connectivity index (χ1n) is 10.7. The molecular formula is C23H28FN4O3+. The van der Waals surface area contributed by atoms with Crippen LogP contribution in [0.25, 0.3) is 0 Å². The minimum atomic E-state index is -0.217. The number of piperazine rings is 1. The maximum Gasteiger partial charge on any atom is 0.265 e. The van der Waals surface area contributed by atoms with Gasteiger partial charge >= 0.3 is 0 Å². The Morgan fingerprint density at radius 3 is 2.55 bits per heavy atom. The summed E-state index contributed by atoms with van der Waals surface area (Å²) in [6, 6.07) is 14.1. The van der Waals surface area contributed by atoms with Crippen molar-refractivity contribution in [2.75, 3.05) is 62.2 Å². The highest BCUT2D eigenvalue weighted by molar-refractivity contribution is 6.02. The first-order valence-corrected chi connectivity index (χ1v) is 10.7. The van der Waals surface area contributed by atoms with Crippen LogP contribution in [0, 0.1) is 5.82 Å². The van der Waals surface area contributed by atoms with Crippen LogP contribution in [0.4, 0.5) is 15.8 Å². The monoisotopic (exact) mass is 427 g/mol. The molecule has 1 saturated heterocycles. The number of rotatable bonds is 7. The first kappa shape index (κ1) is 21.1. The Bertz CT molecular complexity index is 931. The number of hydrogen-bond donors (Lipinski definition) is 2. The van der Waals surface area contributed by atoms with Crippen LogP contribution in [-0.4, -0.2) is 64.2 Å². The number of anilines is 2. The number of quaternary nitrogens is 1. The van der Waals surface area contributed by atoms with E-state index in [0.717, 1.165) is 39.1 Å². The second-order valence-corrected chi connectivity index (χ2v) is 7.88. The van der Waals surface area contributed by atoms with Gasteiger partial charge in [0.05, 0.1) is 44.1 Å². The number of nitrogens with zero attached hydrogens (tertiary/aromatic N) is 2. The summed E-state index contributed by atoms with van der Waals surface area (Å²) in [6.45, 7) is 5.00. The molecule has 31 heavy (non-hydrogen) atoms. The molecule has 2 amide bonds. The normalized spacial score (nSPS) is 16.6. The number of hydrogen-bond acceptors (Lipinski definition) is 4. The lowest BCUT2D eigenvalue weighted by atomic mass is 10.2. The van der Waals surface area contributed by atoms with Gasteiger partial charge in [0, 0.05) is 13.0 Å². The van der Waals surface area contributed by atoms with E-state index in [0.29, 0.717) is 23.7 Å². The lowest BCUT2D eigenvalue weighted by Crippen LogP contribution is -3.15. The third-order valence-corrected chi connectivity index (χ3v) is 5.80. The van der Waals surface area contributed by atoms with Crippen LogP contribution in [0.1, 0.15) is 6.42 Å². The van der Waals surface area contributed by atoms with Crippen LogP contribution < -0.4 is 24.8 Å². The van der Waals surface area contributed by atoms with Crippen molar-refractivity contribution in [3.8, 4) is 5.75 Å². The molecule has 2 aliphatic heterocycles. The fraction of sp³-hybridized carbons (Fsp3) is 0.391. The molecule has 0 bridgehead atoms. The SMILES string of the molecule is O=C(CN1C(=O)COc2ccccc21)NCCC[NH+]1CCN(c2ccccc2F)CC1. The Hall–Kier alpha value is -3.13. The van der Waals surface area contributed by atoms with Crippen molar-refractivity contribution in [1.82, 2.24) is 5.32 Å². The van der Waals surface area contributed by atoms with Gasteiger partial charge in [-0.3, -0.25) is 14.5 Å². The number of carbonyl (C=O) groups excluding carboxylic acids is 2. The Morgan fingerprint density at radius 2 is 1.77 bits per heavy atom. The van der Waals surface area contributed by atoms with Gasteiger partial charge in [-0.25, -0.2) is 4.39 Å². The number of amides is 2. The minimum Gasteiger partial charge on any atom is -0.482 e. The maximum absolute atomic E-state index is 13.9. The van der Waals surface area contributed by atoms with E-state index < -0.39 is 0 Å². The third kappa shape index (κ3) is 5.14. The zero-order valence-corrected chi connectivity index (χ0v) is 17.5. The molecular weight excluding hydrogens is 399 g/mol. The summed E-state index contributed by atoms with van der Waals surface area (Å²) in [5.41, 5.74) is 1.30. The third-order valence-electron chi connectivity index (χ3n) is 5.80. The number of carbonyl (C=O) groups is 2. The van der Waals surface area contributed by atoms with Crippen molar-refractivity contribution in [1.29, 1.82) is 0 Å². The van der Waals surface area contributed by atoms with Crippen LogP contribution in [-0.2, 0) is 9.59 Å². The number of halogens is 1. The quantitative estimate of drug-likeness (QED) is 0.631. The van der Waals surface area contributed by atoms with Crippen LogP contribution in [0.15, 0.2) is 48.5 Å². The number of ether oxygens (including phenoxy) is 1. The average Bonchev–Trinajstić information content (AvgIpc) is 2.79. The predicted octanol–water partition coefficient (Wildman–Crippen LogP) is 0.463. The molecule has 0 radical (unpaired) electrons. The largest absolute Gasteiger partial charge is 0.482 e. The molecule has 0 saturated carbocycles. The molecule has 0 aliphatic carbocycles. The highest BCUT2D eigenvalue weighted by Gasteiger charge is 2.27. The smallest absolute Gasteiger partial charge is 0.265 e. The second kappa shape index (κ2) is 9.78. The van der Waals surface area contributed by atoms with Gasteiger partial charge in [-0.1, -0.05) is 24.3 Å². The molecule has 8 heteroatoms. The lowest BCUT2D eigenvalue weighted by Gasteiger charge is -2.33. The van der Waals surface area contributed by atoms with Crippen molar-refractivity contribution >= 4 is 23.2 Å². The fourth-order valence-electron chi connectivity index (χ4n) is 4.12. The molecule has 2 aromatic carbocycles. The van der Waals surface area contributed by atoms with E-state index >= 15 is 0 Å². The molecule has 0 aromatic heterocycles. The van der Waals surface area contributed by atoms with E-state index in [1.54, 1.807) is 18.2 Å². The van der Waals surface area contributed by atoms with Gasteiger partial charge in [0.15, 0.2) is 6.61 Å². The van der Waals surface area contributed by atoms with Gasteiger partial charge in [-0.2, -0.15) is 0 Å². The van der Waals surface area contributed by atoms with Gasteiger partial charge in [-0.15, -0.1) is 0 Å². The van der Waals surface area contributed by atoms with Crippen molar-refractivity contribution in [2.24, 2.45) is 0 Å². The van der Waals surface area contributed by atoms with Gasteiger partial charge < -0.3 is 19.9 Å². The Labute approximate surface area is 181 Å². The van der Waals surface area contributed by atoms with E-state index in [1.165, 1.54) is 15.9 Å². The molecule has 0 spiro atoms. The van der Waals surface area contributed by atoms with Crippen molar-refractivity contribution in [3.63, 3.8) is 0 Å². The highest BCUT2D eigenvalue weighted by atomic mass is 19.1. The molecule has 0 unspecified atom stereocenters. The molecule has 7 nitrogen and oxygen atoms in total. The summed E-state index contributed by atoms with van der Waals surface area (Å²) in [6.07, 6.45) is 0.856. The second-order valence-electron chi connectivity index (χ2n) is 7.88. The highest BCUT2D eigenvalue weighted by Crippen LogP contribution is 2.31. The number of nitrogens with one attached hydrogen (secondary N) is 2. The van der Waals surface area contributed by atoms with E-state index in [9.17, 15) is 14.0 Å². The van der Waals surface area contributed by atoms with E-state index in [-0.39, 0.29) is 30.8 Å². The van der Waals surface area contributed by atoms with Crippen molar-refractivity contribution < 1.29 is 23.6 Å². The Balaban J connectivity index is 1.17. The van der Waals surface area contributed by atoms with Crippen molar-refractivity contribution in [2.45, 2.75) is 6.42 Å². The molecule has 2 heterocycles. The zero-order chi connectivity index (χ0) is 21.6. The zero-order valence-electron chi connectivity index (χ0n) is 17.5. The number of para-hydroxylation sites is 3. The van der Waals surface area contributed by atoms with Gasteiger partial charge in [-0.05, 0) is 24.3 Å². The molecule has 2 aliphatic rings. The average molecular weight is 428 g/mol. The summed E-state index contributed by atoms with van der Waals surface area (Å²) in [7, 11) is 0. The number of fused-ring (bicyclic) bond motifs is 1. The topological polar surface area (TPSA) is 66.3 Å². The summed E-state index contributed by atoms with van der Waals surface area (Å²) in [5.74, 6) is 0.0542. The van der Waals surface area contributed by atoms with Crippen LogP contribution in [0.2, 0.25) is 0 Å². The standard InChI is InChI=1S/C23H27FN4O3/c24-18-6-1-2-7-19(18)27-14-12-26(13-15-27)11-5-10-25-22(29)16-28-20-8-3-4-9-21(20)31-17-23(28)30/h1-4,6-9H,5,10-17H2,(H,25,29)/p+1. The summed E-state index contributed by atoms with van der Waals surface area (Å²) < 4.78 is 19.4. The van der Waals surface area contributed by atoms with E-state index in [1.807, 2.05) is 24.3 Å². The maximum atomic E-state index is 13.9. The van der Waals surface area contributed by atoms with Crippen LogP contribution >= 0.6 is 0 Å². The lowest BCUT2D eigenvalue weighted by molar-refractivity contribution is -0.900. The molecule has 2 N–H and O–H groups in total. The fourth-order valence-corrected chi connectivity index (χ4v) is 4.12. The van der Waals surface area contributed by atoms with E-state index in [4.69, 9.17) is 4.74 Å². The Morgan fingerprint density at radius 1 is 1.06 bits per heavy atom. The summed E-state index contributed by atoms with van der Waals surface area (Å²) >= 11 is 0. The summed E-state index contributed by atoms with van der Waals surface area (Å²) in [4.78, 5) is 29.6. The molecule has 2 aromatic rings. The predicted molar refractivity (Wildman–Crippen MR) is 116 cm³/mol. The van der Waals surface area contributed by atoms with Gasteiger partial charge in [0.25, 0.3) is 5.91 Å². The molecule has 4 rings (SSSR count). The van der Waals surface area contributed by atoms with Gasteiger partial charge in [0.2, 0.25) is 5.91 Å². The van der Waals surface area contributed by atoms with Crippen molar-refractivity contribution in [3.05, 3.63) is 54.3 Å². The van der Waals surface area contributed by atoms with Crippen LogP contribution in [0.3, 0.4) is 0 Å². The summed E-state index contributed by atoms with van der Waals surface area (Å²) in [5, 5.41) is 2.92. The minimum absolute atomic E-state index is 0.00657. The molecule has 164 valence electrons.